The van der Waals surface area contributed by atoms with Gasteiger partial charge in [-0.3, -0.25) is 4.90 Å². The van der Waals surface area contributed by atoms with Gasteiger partial charge in [0.05, 0.1) is 17.6 Å². The summed E-state index contributed by atoms with van der Waals surface area (Å²) in [5.41, 5.74) is 2.88. The van der Waals surface area contributed by atoms with Crippen molar-refractivity contribution in [2.45, 2.75) is 70.8 Å². The van der Waals surface area contributed by atoms with Crippen molar-refractivity contribution >= 4 is 0 Å². The fraction of sp³-hybridized carbons (Fsp3) is 0.696. The number of aromatic nitrogens is 2. The molecule has 4 heterocycles. The maximum Gasteiger partial charge on any atom is 0.107 e. The van der Waals surface area contributed by atoms with Crippen LogP contribution in [-0.4, -0.2) is 52.5 Å². The van der Waals surface area contributed by atoms with Gasteiger partial charge in [0.2, 0.25) is 0 Å². The fourth-order valence-corrected chi connectivity index (χ4v) is 5.13. The molecule has 2 aliphatic heterocycles. The highest BCUT2D eigenvalue weighted by molar-refractivity contribution is 5.26. The van der Waals surface area contributed by atoms with E-state index in [1.54, 1.807) is 0 Å². The van der Waals surface area contributed by atoms with Crippen LogP contribution in [0.1, 0.15) is 74.8 Å². The number of unbranched alkanes of at least 4 members (excludes halogenated alkanes) is 1. The number of aromatic amines is 1. The summed E-state index contributed by atoms with van der Waals surface area (Å²) < 4.78 is 5.82. The zero-order valence-corrected chi connectivity index (χ0v) is 17.8. The molecule has 5 nitrogen and oxygen atoms in total. The van der Waals surface area contributed by atoms with Crippen molar-refractivity contribution in [3.05, 3.63) is 41.4 Å². The van der Waals surface area contributed by atoms with Gasteiger partial charge in [-0.25, -0.2) is 4.98 Å². The van der Waals surface area contributed by atoms with Crippen LogP contribution in [0.2, 0.25) is 0 Å². The van der Waals surface area contributed by atoms with E-state index in [2.05, 4.69) is 40.8 Å². The minimum Gasteiger partial charge on any atom is -0.466 e. The molecule has 0 amide bonds. The number of H-pyrrole nitrogens is 1. The number of fused-ring (bicyclic) bond motifs is 2. The first kappa shape index (κ1) is 19.7. The maximum atomic E-state index is 5.82. The lowest BCUT2D eigenvalue weighted by atomic mass is 9.78. The van der Waals surface area contributed by atoms with Gasteiger partial charge in [0.15, 0.2) is 0 Å². The molecule has 2 aromatic heterocycles. The first-order chi connectivity index (χ1) is 13.6. The number of likely N-dealkylation sites (tertiary alicyclic amines) is 1. The topological polar surface area (TPSA) is 48.3 Å². The van der Waals surface area contributed by atoms with Crippen LogP contribution < -0.4 is 0 Å². The second-order valence-corrected chi connectivity index (χ2v) is 8.83. The third-order valence-electron chi connectivity index (χ3n) is 6.99. The smallest absolute Gasteiger partial charge is 0.107 e. The SMILES string of the molecule is CCCCN1CCc2[nH]cnc2C12CCN(CC[C@@H](C)c1ccc(C)o1)CC2. The Hall–Kier alpha value is -1.59. The van der Waals surface area contributed by atoms with Crippen molar-refractivity contribution in [3.8, 4) is 0 Å². The van der Waals surface area contributed by atoms with Gasteiger partial charge in [-0.2, -0.15) is 0 Å². The second-order valence-electron chi connectivity index (χ2n) is 8.83. The Balaban J connectivity index is 1.38. The lowest BCUT2D eigenvalue weighted by Crippen LogP contribution is -2.56. The highest BCUT2D eigenvalue weighted by Crippen LogP contribution is 2.42. The normalized spacial score (nSPS) is 21.1. The molecule has 0 radical (unpaired) electrons. The van der Waals surface area contributed by atoms with E-state index in [0.717, 1.165) is 30.9 Å². The zero-order chi connectivity index (χ0) is 19.6. The molecule has 0 unspecified atom stereocenters. The molecule has 154 valence electrons. The molecule has 28 heavy (non-hydrogen) atoms. The van der Waals surface area contributed by atoms with E-state index in [1.165, 1.54) is 63.3 Å². The van der Waals surface area contributed by atoms with Gasteiger partial charge in [-0.1, -0.05) is 20.3 Å². The summed E-state index contributed by atoms with van der Waals surface area (Å²) in [7, 11) is 0. The largest absolute Gasteiger partial charge is 0.466 e. The average molecular weight is 385 g/mol. The fourth-order valence-electron chi connectivity index (χ4n) is 5.13. The number of nitrogens with one attached hydrogen (secondary N) is 1. The summed E-state index contributed by atoms with van der Waals surface area (Å²) >= 11 is 0. The Morgan fingerprint density at radius 3 is 2.75 bits per heavy atom. The van der Waals surface area contributed by atoms with Gasteiger partial charge in [-0.15, -0.1) is 0 Å². The summed E-state index contributed by atoms with van der Waals surface area (Å²) in [4.78, 5) is 13.6. The first-order valence-electron chi connectivity index (χ1n) is 11.2. The number of hydrogen-bond donors (Lipinski definition) is 1. The van der Waals surface area contributed by atoms with Gasteiger partial charge in [0.1, 0.15) is 11.5 Å². The van der Waals surface area contributed by atoms with E-state index in [1.807, 2.05) is 13.3 Å². The first-order valence-corrected chi connectivity index (χ1v) is 11.2. The number of nitrogens with zero attached hydrogens (tertiary/aromatic N) is 3. The summed E-state index contributed by atoms with van der Waals surface area (Å²) in [6.07, 6.45) is 9.13. The van der Waals surface area contributed by atoms with Gasteiger partial charge in [-0.05, 0) is 57.8 Å². The molecule has 0 saturated carbocycles. The van der Waals surface area contributed by atoms with Crippen molar-refractivity contribution in [3.63, 3.8) is 0 Å². The van der Waals surface area contributed by atoms with Crippen molar-refractivity contribution in [1.82, 2.24) is 19.8 Å². The molecule has 1 N–H and O–H groups in total. The monoisotopic (exact) mass is 384 g/mol. The Kier molecular flexibility index (Phi) is 5.93. The number of piperidine rings is 1. The van der Waals surface area contributed by atoms with Crippen LogP contribution in [0, 0.1) is 6.92 Å². The predicted octanol–water partition coefficient (Wildman–Crippen LogP) is 4.45. The molecule has 0 aliphatic carbocycles. The molecule has 1 fully saturated rings. The van der Waals surface area contributed by atoms with Crippen LogP contribution in [-0.2, 0) is 12.0 Å². The van der Waals surface area contributed by atoms with Crippen LogP contribution >= 0.6 is 0 Å². The molecule has 4 rings (SSSR count). The van der Waals surface area contributed by atoms with E-state index < -0.39 is 0 Å². The summed E-state index contributed by atoms with van der Waals surface area (Å²) in [6, 6.07) is 4.21. The van der Waals surface area contributed by atoms with Gasteiger partial charge in [0.25, 0.3) is 0 Å². The Bertz CT molecular complexity index is 756. The quantitative estimate of drug-likeness (QED) is 0.766. The van der Waals surface area contributed by atoms with E-state index in [0.29, 0.717) is 5.92 Å². The third kappa shape index (κ3) is 3.79. The number of aryl methyl sites for hydroxylation is 1. The van der Waals surface area contributed by atoms with Crippen LogP contribution in [0.15, 0.2) is 22.9 Å². The van der Waals surface area contributed by atoms with Crippen LogP contribution in [0.25, 0.3) is 0 Å². The summed E-state index contributed by atoms with van der Waals surface area (Å²) in [6.45, 7) is 12.5. The van der Waals surface area contributed by atoms with E-state index in [-0.39, 0.29) is 5.54 Å². The summed E-state index contributed by atoms with van der Waals surface area (Å²) in [5.74, 6) is 2.63. The Morgan fingerprint density at radius 1 is 1.21 bits per heavy atom. The number of rotatable bonds is 7. The van der Waals surface area contributed by atoms with Gasteiger partial charge in [0, 0.05) is 37.7 Å². The molecule has 2 aromatic rings. The van der Waals surface area contributed by atoms with Gasteiger partial charge < -0.3 is 14.3 Å². The molecule has 2 aliphatic rings. The zero-order valence-electron chi connectivity index (χ0n) is 17.8. The standard InChI is InChI=1S/C23H36N4O/c1-4-5-12-27-14-9-20-22(25-17-24-20)23(27)10-15-26(16-11-23)13-8-18(2)21-7-6-19(3)28-21/h6-7,17-18H,4-5,8-16H2,1-3H3,(H,24,25)/t18-/m1/s1. The minimum atomic E-state index is 0.156. The highest BCUT2D eigenvalue weighted by atomic mass is 16.3. The average Bonchev–Trinajstić information content (AvgIpc) is 3.36. The van der Waals surface area contributed by atoms with E-state index in [9.17, 15) is 0 Å². The lowest BCUT2D eigenvalue weighted by Gasteiger charge is -2.50. The molecule has 5 heteroatoms. The van der Waals surface area contributed by atoms with Crippen molar-refractivity contribution in [2.24, 2.45) is 0 Å². The molecule has 1 saturated heterocycles. The predicted molar refractivity (Wildman–Crippen MR) is 113 cm³/mol. The van der Waals surface area contributed by atoms with Crippen LogP contribution in [0.4, 0.5) is 0 Å². The van der Waals surface area contributed by atoms with Crippen molar-refractivity contribution in [2.75, 3.05) is 32.7 Å². The number of imidazole rings is 1. The highest BCUT2D eigenvalue weighted by Gasteiger charge is 2.46. The van der Waals surface area contributed by atoms with E-state index >= 15 is 0 Å². The molecule has 1 spiro atoms. The number of furan rings is 1. The Labute approximate surface area is 169 Å². The van der Waals surface area contributed by atoms with Crippen molar-refractivity contribution < 1.29 is 4.42 Å². The molecule has 1 atom stereocenters. The lowest BCUT2D eigenvalue weighted by molar-refractivity contribution is 0.00407. The minimum absolute atomic E-state index is 0.156. The molecular formula is C23H36N4O. The molecular weight excluding hydrogens is 348 g/mol. The Morgan fingerprint density at radius 2 is 2.04 bits per heavy atom. The van der Waals surface area contributed by atoms with Crippen LogP contribution in [0.5, 0.6) is 0 Å². The van der Waals surface area contributed by atoms with Crippen molar-refractivity contribution in [1.29, 1.82) is 0 Å². The molecule has 0 bridgehead atoms. The van der Waals surface area contributed by atoms with Gasteiger partial charge >= 0.3 is 0 Å². The molecule has 0 aromatic carbocycles. The van der Waals surface area contributed by atoms with Crippen LogP contribution in [0.3, 0.4) is 0 Å². The second kappa shape index (κ2) is 8.42. The number of hydrogen-bond acceptors (Lipinski definition) is 4. The maximum absolute atomic E-state index is 5.82. The van der Waals surface area contributed by atoms with E-state index in [4.69, 9.17) is 9.40 Å². The third-order valence-corrected chi connectivity index (χ3v) is 6.99. The summed E-state index contributed by atoms with van der Waals surface area (Å²) in [5, 5.41) is 0.